The fraction of sp³-hybridized carbons (Fsp3) is 0.500. The molecular formula is C30H35FN2O5. The van der Waals surface area contributed by atoms with Crippen molar-refractivity contribution < 1.29 is 28.6 Å². The lowest BCUT2D eigenvalue weighted by Crippen LogP contribution is -2.50. The van der Waals surface area contributed by atoms with Crippen LogP contribution in [0.3, 0.4) is 0 Å². The molecule has 2 aromatic carbocycles. The molecule has 1 fully saturated rings. The van der Waals surface area contributed by atoms with Gasteiger partial charge >= 0.3 is 5.97 Å². The number of hydrogen-bond acceptors (Lipinski definition) is 4. The summed E-state index contributed by atoms with van der Waals surface area (Å²) in [6, 6.07) is 8.18. The van der Waals surface area contributed by atoms with Crippen LogP contribution >= 0.6 is 0 Å². The van der Waals surface area contributed by atoms with Gasteiger partial charge in [0, 0.05) is 31.7 Å². The quantitative estimate of drug-likeness (QED) is 0.547. The van der Waals surface area contributed by atoms with E-state index >= 15 is 4.39 Å². The number of halogens is 1. The molecule has 0 saturated heterocycles. The Labute approximate surface area is 222 Å². The SMILES string of the molecule is COCc1ccc2c(c1)CCN(C(=O)[C@H]1C[C@@H](CC(=O)O)C1)C2C(=O)Nc1cc(F)c2c(c1)CCC2(C)C. The van der Waals surface area contributed by atoms with E-state index in [1.165, 1.54) is 6.07 Å². The molecule has 1 heterocycles. The maximum absolute atomic E-state index is 15.1. The summed E-state index contributed by atoms with van der Waals surface area (Å²) in [5.41, 5.74) is 4.50. The average molecular weight is 523 g/mol. The molecule has 0 spiro atoms. The minimum atomic E-state index is -0.859. The topological polar surface area (TPSA) is 95.9 Å². The molecule has 1 atom stereocenters. The molecule has 5 rings (SSSR count). The number of carboxylic acids is 1. The zero-order chi connectivity index (χ0) is 27.2. The predicted octanol–water partition coefficient (Wildman–Crippen LogP) is 4.76. The molecule has 7 nitrogen and oxygen atoms in total. The molecule has 2 N–H and O–H groups in total. The number of benzene rings is 2. The van der Waals surface area contributed by atoms with E-state index < -0.39 is 12.0 Å². The Morgan fingerprint density at radius 1 is 1.13 bits per heavy atom. The van der Waals surface area contributed by atoms with Gasteiger partial charge in [0.2, 0.25) is 5.91 Å². The third-order valence-corrected chi connectivity index (χ3v) is 8.46. The molecule has 38 heavy (non-hydrogen) atoms. The van der Waals surface area contributed by atoms with Crippen molar-refractivity contribution in [1.82, 2.24) is 4.90 Å². The number of nitrogens with one attached hydrogen (secondary N) is 1. The standard InChI is InChI=1S/C30H35FN2O5/c1-30(2)8-6-20-14-22(15-24(31)26(20)30)32-28(36)27-23-5-4-17(16-38-3)10-19(23)7-9-33(27)29(37)21-11-18(12-21)13-25(34)35/h4-5,10,14-15,18,21,27H,6-9,11-13,16H2,1-3H3,(H,32,36)(H,34,35)/t18-,21+,27?. The number of hydrogen-bond donors (Lipinski definition) is 2. The van der Waals surface area contributed by atoms with E-state index in [1.807, 2.05) is 38.1 Å². The average Bonchev–Trinajstić information content (AvgIpc) is 3.14. The number of aryl methyl sites for hydroxylation is 1. The maximum Gasteiger partial charge on any atom is 0.303 e. The molecule has 1 saturated carbocycles. The van der Waals surface area contributed by atoms with E-state index in [4.69, 9.17) is 9.84 Å². The summed E-state index contributed by atoms with van der Waals surface area (Å²) in [5, 5.41) is 12.0. The third-order valence-electron chi connectivity index (χ3n) is 8.46. The van der Waals surface area contributed by atoms with Crippen molar-refractivity contribution in [2.45, 2.75) is 70.4 Å². The second-order valence-electron chi connectivity index (χ2n) is 11.6. The lowest BCUT2D eigenvalue weighted by Gasteiger charge is -2.42. The lowest BCUT2D eigenvalue weighted by atomic mass is 9.72. The van der Waals surface area contributed by atoms with Crippen molar-refractivity contribution in [1.29, 1.82) is 0 Å². The highest BCUT2D eigenvalue weighted by Gasteiger charge is 2.43. The molecule has 0 bridgehead atoms. The number of rotatable bonds is 7. The number of methoxy groups -OCH3 is 1. The van der Waals surface area contributed by atoms with E-state index in [0.29, 0.717) is 43.7 Å². The highest BCUT2D eigenvalue weighted by Crippen LogP contribution is 2.43. The Bertz CT molecular complexity index is 1280. The number of carbonyl (C=O) groups is 3. The van der Waals surface area contributed by atoms with Crippen LogP contribution in [0.1, 0.15) is 73.4 Å². The predicted molar refractivity (Wildman–Crippen MR) is 140 cm³/mol. The molecule has 8 heteroatoms. The first-order valence-electron chi connectivity index (χ1n) is 13.3. The van der Waals surface area contributed by atoms with Gasteiger partial charge in [0.15, 0.2) is 0 Å². The maximum atomic E-state index is 15.1. The second-order valence-corrected chi connectivity index (χ2v) is 11.6. The third kappa shape index (κ3) is 4.94. The summed E-state index contributed by atoms with van der Waals surface area (Å²) in [6.45, 7) is 4.89. The zero-order valence-corrected chi connectivity index (χ0v) is 22.2. The molecule has 1 aliphatic heterocycles. The van der Waals surface area contributed by atoms with Crippen LogP contribution in [0.5, 0.6) is 0 Å². The van der Waals surface area contributed by atoms with Gasteiger partial charge in [0.05, 0.1) is 6.61 Å². The van der Waals surface area contributed by atoms with E-state index in [0.717, 1.165) is 35.1 Å². The van der Waals surface area contributed by atoms with Gasteiger partial charge in [-0.05, 0) is 83.4 Å². The van der Waals surface area contributed by atoms with Crippen LogP contribution in [0.2, 0.25) is 0 Å². The van der Waals surface area contributed by atoms with Crippen molar-refractivity contribution in [3.05, 3.63) is 64.0 Å². The Hall–Kier alpha value is -3.26. The Kier molecular flexibility index (Phi) is 7.03. The minimum Gasteiger partial charge on any atom is -0.481 e. The Morgan fingerprint density at radius 3 is 2.61 bits per heavy atom. The summed E-state index contributed by atoms with van der Waals surface area (Å²) in [4.78, 5) is 40.0. The summed E-state index contributed by atoms with van der Waals surface area (Å²) in [5.74, 6) is -1.98. The molecular weight excluding hydrogens is 487 g/mol. The first-order valence-corrected chi connectivity index (χ1v) is 13.3. The fourth-order valence-corrected chi connectivity index (χ4v) is 6.52. The smallest absolute Gasteiger partial charge is 0.303 e. The van der Waals surface area contributed by atoms with Gasteiger partial charge < -0.3 is 20.1 Å². The summed E-state index contributed by atoms with van der Waals surface area (Å²) < 4.78 is 20.4. The molecule has 2 amide bonds. The van der Waals surface area contributed by atoms with Gasteiger partial charge in [-0.2, -0.15) is 0 Å². The van der Waals surface area contributed by atoms with Gasteiger partial charge in [0.1, 0.15) is 11.9 Å². The number of fused-ring (bicyclic) bond motifs is 2. The van der Waals surface area contributed by atoms with Gasteiger partial charge in [-0.1, -0.05) is 32.0 Å². The van der Waals surface area contributed by atoms with Crippen LogP contribution in [0, 0.1) is 17.7 Å². The second kappa shape index (κ2) is 10.1. The first-order chi connectivity index (χ1) is 18.1. The number of carboxylic acid groups (broad SMARTS) is 1. The van der Waals surface area contributed by atoms with E-state index in [2.05, 4.69) is 5.32 Å². The van der Waals surface area contributed by atoms with E-state index in [9.17, 15) is 14.4 Å². The fourth-order valence-electron chi connectivity index (χ4n) is 6.52. The number of ether oxygens (including phenoxy) is 1. The molecule has 0 radical (unpaired) electrons. The van der Waals surface area contributed by atoms with Crippen molar-refractivity contribution in [3.63, 3.8) is 0 Å². The summed E-state index contributed by atoms with van der Waals surface area (Å²) in [6.07, 6.45) is 3.29. The molecule has 202 valence electrons. The van der Waals surface area contributed by atoms with Gasteiger partial charge in [-0.3, -0.25) is 14.4 Å². The largest absolute Gasteiger partial charge is 0.481 e. The zero-order valence-electron chi connectivity index (χ0n) is 22.2. The van der Waals surface area contributed by atoms with Crippen LogP contribution in [0.25, 0.3) is 0 Å². The monoisotopic (exact) mass is 522 g/mol. The number of anilines is 1. The van der Waals surface area contributed by atoms with Crippen molar-refractivity contribution >= 4 is 23.5 Å². The number of aliphatic carboxylic acids is 1. The van der Waals surface area contributed by atoms with Crippen molar-refractivity contribution in [2.75, 3.05) is 19.0 Å². The van der Waals surface area contributed by atoms with Crippen LogP contribution in [-0.4, -0.2) is 41.4 Å². The molecule has 2 aliphatic carbocycles. The summed E-state index contributed by atoms with van der Waals surface area (Å²) >= 11 is 0. The van der Waals surface area contributed by atoms with Gasteiger partial charge in [-0.15, -0.1) is 0 Å². The minimum absolute atomic E-state index is 0.0129. The number of amides is 2. The lowest BCUT2D eigenvalue weighted by molar-refractivity contribution is -0.149. The number of carbonyl (C=O) groups excluding carboxylic acids is 2. The highest BCUT2D eigenvalue weighted by atomic mass is 19.1. The van der Waals surface area contributed by atoms with Crippen LogP contribution in [0.15, 0.2) is 30.3 Å². The number of nitrogens with zero attached hydrogens (tertiary/aromatic N) is 1. The van der Waals surface area contributed by atoms with E-state index in [-0.39, 0.29) is 41.3 Å². The normalized spacial score (nSPS) is 23.3. The molecule has 1 unspecified atom stereocenters. The Balaban J connectivity index is 1.42. The first kappa shape index (κ1) is 26.4. The highest BCUT2D eigenvalue weighted by molar-refractivity contribution is 5.99. The molecule has 3 aliphatic rings. The van der Waals surface area contributed by atoms with Crippen LogP contribution in [-0.2, 0) is 44.0 Å². The van der Waals surface area contributed by atoms with Gasteiger partial charge in [-0.25, -0.2) is 4.39 Å². The Morgan fingerprint density at radius 2 is 1.89 bits per heavy atom. The van der Waals surface area contributed by atoms with Crippen LogP contribution < -0.4 is 5.32 Å². The van der Waals surface area contributed by atoms with Gasteiger partial charge in [0.25, 0.3) is 5.91 Å². The molecule has 0 aromatic heterocycles. The van der Waals surface area contributed by atoms with Crippen molar-refractivity contribution in [2.24, 2.45) is 11.8 Å². The van der Waals surface area contributed by atoms with E-state index in [1.54, 1.807) is 12.0 Å². The summed E-state index contributed by atoms with van der Waals surface area (Å²) in [7, 11) is 1.63. The molecule has 2 aromatic rings. The van der Waals surface area contributed by atoms with Crippen molar-refractivity contribution in [3.8, 4) is 0 Å². The van der Waals surface area contributed by atoms with Crippen LogP contribution in [0.4, 0.5) is 10.1 Å².